The van der Waals surface area contributed by atoms with E-state index in [9.17, 15) is 4.79 Å². The van der Waals surface area contributed by atoms with E-state index < -0.39 is 0 Å². The fourth-order valence-electron chi connectivity index (χ4n) is 5.34. The third kappa shape index (κ3) is 8.76. The summed E-state index contributed by atoms with van der Waals surface area (Å²) >= 11 is 0. The van der Waals surface area contributed by atoms with Crippen LogP contribution in [0.3, 0.4) is 0 Å². The van der Waals surface area contributed by atoms with Gasteiger partial charge in [-0.3, -0.25) is 9.69 Å². The van der Waals surface area contributed by atoms with Crippen molar-refractivity contribution in [2.24, 2.45) is 0 Å². The van der Waals surface area contributed by atoms with E-state index >= 15 is 0 Å². The van der Waals surface area contributed by atoms with Gasteiger partial charge < -0.3 is 20.9 Å². The number of anilines is 3. The second-order valence-corrected chi connectivity index (χ2v) is 11.1. The van der Waals surface area contributed by atoms with Gasteiger partial charge in [0.15, 0.2) is 0 Å². The van der Waals surface area contributed by atoms with Gasteiger partial charge in [-0.25, -0.2) is 9.97 Å². The monoisotopic (exact) mass is 543 g/mol. The molecule has 0 unspecified atom stereocenters. The molecule has 3 N–H and O–H groups in total. The van der Waals surface area contributed by atoms with Crippen molar-refractivity contribution < 1.29 is 4.79 Å². The van der Waals surface area contributed by atoms with Crippen LogP contribution >= 0.6 is 0 Å². The number of aromatic nitrogens is 2. The van der Waals surface area contributed by atoms with Crippen LogP contribution in [-0.4, -0.2) is 65.4 Å². The van der Waals surface area contributed by atoms with Crippen LogP contribution in [0.4, 0.5) is 17.3 Å². The maximum Gasteiger partial charge on any atom is 0.227 e. The molecule has 0 atom stereocenters. The minimum atomic E-state index is 0.349. The summed E-state index contributed by atoms with van der Waals surface area (Å²) in [4.78, 5) is 24.8. The Balaban J connectivity index is 1.52. The molecule has 0 saturated carbocycles. The molecule has 8 nitrogen and oxygen atoms in total. The van der Waals surface area contributed by atoms with Gasteiger partial charge in [-0.15, -0.1) is 0 Å². The Hall–Kier alpha value is -3.49. The highest BCUT2D eigenvalue weighted by Gasteiger charge is 2.14. The Morgan fingerprint density at radius 1 is 1.05 bits per heavy atom. The standard InChI is InChI=1S/C32H45N7O/c1-5-26-9-10-27(19-28(26)22-38(4)14-8-12-33-23-40)31-11-13-34-32(37-31)36-30-18-25(21-39-15-6-7-16-39)17-29(20-30)35-24(2)3/h9-11,13,17-20,23-24,35H,5-8,12,14-16,21-22H2,1-4H3,(H,33,40)(H,34,36,37). The minimum Gasteiger partial charge on any atom is -0.383 e. The summed E-state index contributed by atoms with van der Waals surface area (Å²) < 4.78 is 0. The van der Waals surface area contributed by atoms with Gasteiger partial charge in [0.25, 0.3) is 0 Å². The summed E-state index contributed by atoms with van der Waals surface area (Å²) in [7, 11) is 2.12. The number of nitrogens with zero attached hydrogens (tertiary/aromatic N) is 4. The van der Waals surface area contributed by atoms with Crippen molar-refractivity contribution in [2.45, 2.75) is 65.6 Å². The summed E-state index contributed by atoms with van der Waals surface area (Å²) in [5.74, 6) is 0.590. The number of likely N-dealkylation sites (tertiary alicyclic amines) is 1. The molecular formula is C32H45N7O. The number of carbonyl (C=O) groups excluding carboxylic acids is 1. The number of amides is 1. The maximum absolute atomic E-state index is 10.5. The lowest BCUT2D eigenvalue weighted by atomic mass is 10.00. The Kier molecular flexibility index (Phi) is 10.9. The average molecular weight is 544 g/mol. The van der Waals surface area contributed by atoms with Crippen LogP contribution in [0.1, 0.15) is 56.7 Å². The number of hydrogen-bond acceptors (Lipinski definition) is 7. The van der Waals surface area contributed by atoms with Crippen LogP contribution < -0.4 is 16.0 Å². The van der Waals surface area contributed by atoms with Crippen molar-refractivity contribution in [3.63, 3.8) is 0 Å². The SMILES string of the molecule is CCc1ccc(-c2ccnc(Nc3cc(CN4CCCC4)cc(NC(C)C)c3)n2)cc1CN(C)CCCNC=O. The Labute approximate surface area is 239 Å². The molecule has 1 aliphatic rings. The second kappa shape index (κ2) is 14.8. The zero-order valence-electron chi connectivity index (χ0n) is 24.5. The van der Waals surface area contributed by atoms with E-state index in [1.165, 1.54) is 42.6 Å². The summed E-state index contributed by atoms with van der Waals surface area (Å²) in [6.45, 7) is 12.3. The molecule has 1 aromatic heterocycles. The van der Waals surface area contributed by atoms with Crippen LogP contribution in [0.2, 0.25) is 0 Å². The predicted octanol–water partition coefficient (Wildman–Crippen LogP) is 5.43. The van der Waals surface area contributed by atoms with E-state index in [2.05, 4.69) is 95.0 Å². The third-order valence-corrected chi connectivity index (χ3v) is 7.23. The number of rotatable bonds is 15. The number of nitrogens with one attached hydrogen (secondary N) is 3. The lowest BCUT2D eigenvalue weighted by molar-refractivity contribution is -0.109. The summed E-state index contributed by atoms with van der Waals surface area (Å²) in [5.41, 5.74) is 8.01. The van der Waals surface area contributed by atoms with Crippen LogP contribution in [-0.2, 0) is 24.3 Å². The molecule has 1 amide bonds. The van der Waals surface area contributed by atoms with E-state index in [0.717, 1.165) is 61.5 Å². The van der Waals surface area contributed by atoms with E-state index in [0.29, 0.717) is 18.5 Å². The molecule has 0 aliphatic carbocycles. The van der Waals surface area contributed by atoms with Crippen LogP contribution in [0.25, 0.3) is 11.3 Å². The predicted molar refractivity (Wildman–Crippen MR) is 165 cm³/mol. The molecule has 4 rings (SSSR count). The first-order chi connectivity index (χ1) is 19.4. The first-order valence-electron chi connectivity index (χ1n) is 14.6. The van der Waals surface area contributed by atoms with Gasteiger partial charge in [-0.05, 0) is 113 Å². The van der Waals surface area contributed by atoms with Gasteiger partial charge in [-0.2, -0.15) is 0 Å². The molecule has 214 valence electrons. The number of carbonyl (C=O) groups is 1. The van der Waals surface area contributed by atoms with E-state index in [1.807, 2.05) is 12.3 Å². The van der Waals surface area contributed by atoms with Gasteiger partial charge in [0.05, 0.1) is 5.69 Å². The normalized spacial score (nSPS) is 13.7. The number of hydrogen-bond donors (Lipinski definition) is 3. The van der Waals surface area contributed by atoms with Crippen molar-refractivity contribution in [2.75, 3.05) is 43.9 Å². The molecule has 2 aromatic carbocycles. The van der Waals surface area contributed by atoms with Gasteiger partial charge in [0, 0.05) is 48.8 Å². The highest BCUT2D eigenvalue weighted by molar-refractivity contribution is 5.66. The van der Waals surface area contributed by atoms with E-state index in [4.69, 9.17) is 4.98 Å². The first kappa shape index (κ1) is 29.5. The zero-order valence-corrected chi connectivity index (χ0v) is 24.5. The molecule has 1 fully saturated rings. The largest absolute Gasteiger partial charge is 0.383 e. The molecule has 1 saturated heterocycles. The van der Waals surface area contributed by atoms with Crippen molar-refractivity contribution >= 4 is 23.7 Å². The van der Waals surface area contributed by atoms with Gasteiger partial charge in [0.1, 0.15) is 0 Å². The second-order valence-electron chi connectivity index (χ2n) is 11.1. The molecule has 0 radical (unpaired) electrons. The third-order valence-electron chi connectivity index (χ3n) is 7.23. The topological polar surface area (TPSA) is 85.4 Å². The first-order valence-corrected chi connectivity index (χ1v) is 14.6. The quantitative estimate of drug-likeness (QED) is 0.174. The van der Waals surface area contributed by atoms with Gasteiger partial charge in [-0.1, -0.05) is 19.1 Å². The Morgan fingerprint density at radius 3 is 2.60 bits per heavy atom. The number of aryl methyl sites for hydroxylation is 1. The summed E-state index contributed by atoms with van der Waals surface area (Å²) in [6, 6.07) is 15.6. The highest BCUT2D eigenvalue weighted by atomic mass is 16.1. The average Bonchev–Trinajstić information content (AvgIpc) is 3.44. The maximum atomic E-state index is 10.5. The molecule has 40 heavy (non-hydrogen) atoms. The highest BCUT2D eigenvalue weighted by Crippen LogP contribution is 2.27. The molecule has 0 spiro atoms. The van der Waals surface area contributed by atoms with E-state index in [-0.39, 0.29) is 0 Å². The molecule has 0 bridgehead atoms. The zero-order chi connectivity index (χ0) is 28.3. The molecule has 1 aliphatic heterocycles. The van der Waals surface area contributed by atoms with Crippen LogP contribution in [0, 0.1) is 0 Å². The van der Waals surface area contributed by atoms with Crippen LogP contribution in [0.5, 0.6) is 0 Å². The smallest absolute Gasteiger partial charge is 0.227 e. The minimum absolute atomic E-state index is 0.349. The lowest BCUT2D eigenvalue weighted by Crippen LogP contribution is -2.23. The van der Waals surface area contributed by atoms with Crippen molar-refractivity contribution in [1.82, 2.24) is 25.1 Å². The fraction of sp³-hybridized carbons (Fsp3) is 0.469. The van der Waals surface area contributed by atoms with Crippen LogP contribution in [0.15, 0.2) is 48.7 Å². The summed E-state index contributed by atoms with van der Waals surface area (Å²) in [6.07, 6.45) is 7.05. The Bertz CT molecular complexity index is 1240. The lowest BCUT2D eigenvalue weighted by Gasteiger charge is -2.19. The van der Waals surface area contributed by atoms with Crippen molar-refractivity contribution in [3.8, 4) is 11.3 Å². The Morgan fingerprint density at radius 2 is 1.85 bits per heavy atom. The van der Waals surface area contributed by atoms with E-state index in [1.54, 1.807) is 0 Å². The van der Waals surface area contributed by atoms with Gasteiger partial charge >= 0.3 is 0 Å². The number of benzene rings is 2. The molecule has 3 aromatic rings. The van der Waals surface area contributed by atoms with Crippen molar-refractivity contribution in [3.05, 3.63) is 65.4 Å². The summed E-state index contributed by atoms with van der Waals surface area (Å²) in [5, 5.41) is 9.78. The molecular weight excluding hydrogens is 498 g/mol. The fourth-order valence-corrected chi connectivity index (χ4v) is 5.34. The van der Waals surface area contributed by atoms with Crippen molar-refractivity contribution in [1.29, 1.82) is 0 Å². The van der Waals surface area contributed by atoms with Gasteiger partial charge in [0.2, 0.25) is 12.4 Å². The molecule has 2 heterocycles. The molecule has 8 heteroatoms.